The van der Waals surface area contributed by atoms with Gasteiger partial charge in [-0.25, -0.2) is 0 Å². The van der Waals surface area contributed by atoms with Crippen molar-refractivity contribution in [2.75, 3.05) is 11.9 Å². The third-order valence-electron chi connectivity index (χ3n) is 4.96. The van der Waals surface area contributed by atoms with Gasteiger partial charge in [-0.3, -0.25) is 14.5 Å². The molecule has 1 aliphatic rings. The summed E-state index contributed by atoms with van der Waals surface area (Å²) in [7, 11) is 0. The number of benzene rings is 2. The van der Waals surface area contributed by atoms with Gasteiger partial charge in [0.2, 0.25) is 0 Å². The fraction of sp³-hybridized carbons (Fsp3) is 0.304. The fourth-order valence-corrected chi connectivity index (χ4v) is 3.52. The summed E-state index contributed by atoms with van der Waals surface area (Å²) in [6.07, 6.45) is 0. The Labute approximate surface area is 171 Å². The van der Waals surface area contributed by atoms with Crippen LogP contribution >= 0.6 is 11.6 Å². The molecule has 4 nitrogen and oxygen atoms in total. The molecule has 0 bridgehead atoms. The highest BCUT2D eigenvalue weighted by molar-refractivity contribution is 6.36. The van der Waals surface area contributed by atoms with Crippen molar-refractivity contribution in [1.82, 2.24) is 4.90 Å². The summed E-state index contributed by atoms with van der Waals surface area (Å²) in [5.74, 6) is -0.358. The molecule has 2 aromatic carbocycles. The van der Waals surface area contributed by atoms with Crippen LogP contribution in [0.2, 0.25) is 5.02 Å². The van der Waals surface area contributed by atoms with Crippen LogP contribution in [0.25, 0.3) is 5.57 Å². The molecule has 5 heteroatoms. The molecule has 1 heterocycles. The number of hydrogen-bond donors (Lipinski definition) is 1. The number of carbonyl (C=O) groups is 2. The van der Waals surface area contributed by atoms with Gasteiger partial charge < -0.3 is 5.32 Å². The SMILES string of the molecule is Cc1ccc(C2=C(Nc3ccc(Cl)cc3C)C(=O)N(CC(C)C)C2=O)cc1C. The highest BCUT2D eigenvalue weighted by Crippen LogP contribution is 2.33. The number of carbonyl (C=O) groups excluding carboxylic acids is 2. The van der Waals surface area contributed by atoms with E-state index in [2.05, 4.69) is 5.32 Å². The minimum Gasteiger partial charge on any atom is -0.350 e. The molecule has 0 unspecified atom stereocenters. The Hall–Kier alpha value is -2.59. The number of hydrogen-bond acceptors (Lipinski definition) is 3. The molecule has 146 valence electrons. The topological polar surface area (TPSA) is 49.4 Å². The van der Waals surface area contributed by atoms with Crippen molar-refractivity contribution in [2.45, 2.75) is 34.6 Å². The Morgan fingerprint density at radius 3 is 2.25 bits per heavy atom. The van der Waals surface area contributed by atoms with E-state index in [1.165, 1.54) is 4.90 Å². The van der Waals surface area contributed by atoms with Crippen molar-refractivity contribution >= 4 is 34.7 Å². The standard InChI is InChI=1S/C23H25ClN2O2/c1-13(2)12-26-22(27)20(17-7-6-14(3)15(4)10-17)21(23(26)28)25-19-9-8-18(24)11-16(19)5/h6-11,13,25H,12H2,1-5H3. The zero-order chi connectivity index (χ0) is 20.6. The highest BCUT2D eigenvalue weighted by Gasteiger charge is 2.39. The number of amides is 2. The third-order valence-corrected chi connectivity index (χ3v) is 5.19. The predicted octanol–water partition coefficient (Wildman–Crippen LogP) is 5.11. The predicted molar refractivity (Wildman–Crippen MR) is 114 cm³/mol. The molecule has 3 rings (SSSR count). The van der Waals surface area contributed by atoms with Crippen molar-refractivity contribution in [3.05, 3.63) is 69.4 Å². The lowest BCUT2D eigenvalue weighted by molar-refractivity contribution is -0.137. The average Bonchev–Trinajstić information content (AvgIpc) is 2.84. The van der Waals surface area contributed by atoms with E-state index in [-0.39, 0.29) is 17.7 Å². The van der Waals surface area contributed by atoms with E-state index in [0.29, 0.717) is 22.8 Å². The summed E-state index contributed by atoms with van der Waals surface area (Å²) in [4.78, 5) is 27.6. The number of imide groups is 1. The molecule has 0 saturated carbocycles. The van der Waals surface area contributed by atoms with Crippen LogP contribution in [0.4, 0.5) is 5.69 Å². The van der Waals surface area contributed by atoms with E-state index < -0.39 is 0 Å². The van der Waals surface area contributed by atoms with E-state index >= 15 is 0 Å². The maximum absolute atomic E-state index is 13.2. The monoisotopic (exact) mass is 396 g/mol. The molecule has 2 amide bonds. The van der Waals surface area contributed by atoms with E-state index in [9.17, 15) is 9.59 Å². The van der Waals surface area contributed by atoms with Crippen LogP contribution in [0.5, 0.6) is 0 Å². The van der Waals surface area contributed by atoms with Crippen LogP contribution in [-0.2, 0) is 9.59 Å². The number of anilines is 1. The summed E-state index contributed by atoms with van der Waals surface area (Å²) < 4.78 is 0. The molecule has 0 aliphatic carbocycles. The number of nitrogens with one attached hydrogen (secondary N) is 1. The lowest BCUT2D eigenvalue weighted by Gasteiger charge is -2.17. The Morgan fingerprint density at radius 2 is 1.64 bits per heavy atom. The Kier molecular flexibility index (Phi) is 5.61. The molecule has 0 radical (unpaired) electrons. The van der Waals surface area contributed by atoms with Gasteiger partial charge in [-0.05, 0) is 67.1 Å². The average molecular weight is 397 g/mol. The lowest BCUT2D eigenvalue weighted by atomic mass is 9.99. The first-order chi connectivity index (χ1) is 13.2. The van der Waals surface area contributed by atoms with Gasteiger partial charge in [-0.1, -0.05) is 43.6 Å². The van der Waals surface area contributed by atoms with Crippen LogP contribution in [-0.4, -0.2) is 23.3 Å². The first-order valence-electron chi connectivity index (χ1n) is 9.40. The first kappa shape index (κ1) is 20.2. The molecule has 28 heavy (non-hydrogen) atoms. The van der Waals surface area contributed by atoms with Gasteiger partial charge >= 0.3 is 0 Å². The van der Waals surface area contributed by atoms with Crippen molar-refractivity contribution in [3.63, 3.8) is 0 Å². The van der Waals surface area contributed by atoms with Crippen LogP contribution in [0.15, 0.2) is 42.1 Å². The molecule has 0 spiro atoms. The molecular formula is C23H25ClN2O2. The number of rotatable bonds is 5. The summed E-state index contributed by atoms with van der Waals surface area (Å²) >= 11 is 6.05. The van der Waals surface area contributed by atoms with Gasteiger partial charge in [0.05, 0.1) is 5.57 Å². The quantitative estimate of drug-likeness (QED) is 0.714. The number of aryl methyl sites for hydroxylation is 3. The number of nitrogens with zero attached hydrogens (tertiary/aromatic N) is 1. The Morgan fingerprint density at radius 1 is 0.929 bits per heavy atom. The third kappa shape index (κ3) is 3.83. The minimum absolute atomic E-state index is 0.186. The molecule has 1 aliphatic heterocycles. The Balaban J connectivity index is 2.12. The van der Waals surface area contributed by atoms with Gasteiger partial charge in [0.25, 0.3) is 11.8 Å². The molecular weight excluding hydrogens is 372 g/mol. The second-order valence-electron chi connectivity index (χ2n) is 7.75. The molecule has 0 saturated heterocycles. The van der Waals surface area contributed by atoms with E-state index in [1.807, 2.05) is 65.0 Å². The smallest absolute Gasteiger partial charge is 0.278 e. The largest absolute Gasteiger partial charge is 0.350 e. The van der Waals surface area contributed by atoms with Crippen molar-refractivity contribution < 1.29 is 9.59 Å². The zero-order valence-electron chi connectivity index (χ0n) is 16.9. The number of halogens is 1. The van der Waals surface area contributed by atoms with Crippen LogP contribution < -0.4 is 5.32 Å². The molecule has 2 aromatic rings. The van der Waals surface area contributed by atoms with Crippen LogP contribution in [0.1, 0.15) is 36.1 Å². The minimum atomic E-state index is -0.290. The molecule has 0 atom stereocenters. The second kappa shape index (κ2) is 7.80. The van der Waals surface area contributed by atoms with Crippen molar-refractivity contribution in [1.29, 1.82) is 0 Å². The van der Waals surface area contributed by atoms with Gasteiger partial charge in [0.15, 0.2) is 0 Å². The zero-order valence-corrected chi connectivity index (χ0v) is 17.6. The van der Waals surface area contributed by atoms with Crippen LogP contribution in [0.3, 0.4) is 0 Å². The van der Waals surface area contributed by atoms with Crippen molar-refractivity contribution in [3.8, 4) is 0 Å². The summed E-state index contributed by atoms with van der Waals surface area (Å²) in [6, 6.07) is 11.3. The summed E-state index contributed by atoms with van der Waals surface area (Å²) in [5.41, 5.74) is 5.37. The normalized spacial score (nSPS) is 14.5. The maximum Gasteiger partial charge on any atom is 0.278 e. The summed E-state index contributed by atoms with van der Waals surface area (Å²) in [6.45, 7) is 10.3. The molecule has 0 fully saturated rings. The maximum atomic E-state index is 13.2. The Bertz CT molecular complexity index is 992. The molecule has 0 aromatic heterocycles. The van der Waals surface area contributed by atoms with Gasteiger partial charge in [0.1, 0.15) is 5.70 Å². The van der Waals surface area contributed by atoms with Gasteiger partial charge in [0, 0.05) is 17.3 Å². The fourth-order valence-electron chi connectivity index (χ4n) is 3.29. The van der Waals surface area contributed by atoms with E-state index in [0.717, 1.165) is 27.9 Å². The summed E-state index contributed by atoms with van der Waals surface area (Å²) in [5, 5.41) is 3.84. The lowest BCUT2D eigenvalue weighted by Crippen LogP contribution is -2.35. The van der Waals surface area contributed by atoms with E-state index in [4.69, 9.17) is 11.6 Å². The van der Waals surface area contributed by atoms with Crippen LogP contribution in [0, 0.1) is 26.7 Å². The van der Waals surface area contributed by atoms with E-state index in [1.54, 1.807) is 6.07 Å². The van der Waals surface area contributed by atoms with Gasteiger partial charge in [-0.2, -0.15) is 0 Å². The van der Waals surface area contributed by atoms with Crippen molar-refractivity contribution in [2.24, 2.45) is 5.92 Å². The molecule has 1 N–H and O–H groups in total. The second-order valence-corrected chi connectivity index (χ2v) is 8.18. The first-order valence-corrected chi connectivity index (χ1v) is 9.78. The van der Waals surface area contributed by atoms with Gasteiger partial charge in [-0.15, -0.1) is 0 Å². The highest BCUT2D eigenvalue weighted by atomic mass is 35.5.